The molecule has 4 heteroatoms. The van der Waals surface area contributed by atoms with Gasteiger partial charge in [0.1, 0.15) is 0 Å². The van der Waals surface area contributed by atoms with Gasteiger partial charge in [-0.25, -0.2) is 0 Å². The number of anilines is 1. The van der Waals surface area contributed by atoms with Crippen LogP contribution in [0.5, 0.6) is 0 Å². The molecule has 0 spiro atoms. The molecule has 0 atom stereocenters. The fraction of sp³-hybridized carbons (Fsp3) is 0.133. The predicted molar refractivity (Wildman–Crippen MR) is 85.6 cm³/mol. The minimum absolute atomic E-state index is 0.124. The van der Waals surface area contributed by atoms with Crippen molar-refractivity contribution in [1.29, 1.82) is 0 Å². The summed E-state index contributed by atoms with van der Waals surface area (Å²) in [5.74, 6) is -0.124. The lowest BCUT2D eigenvalue weighted by Gasteiger charge is -2.08. The first-order chi connectivity index (χ1) is 9.10. The maximum absolute atomic E-state index is 12.2. The Morgan fingerprint density at radius 2 is 1.95 bits per heavy atom. The number of nitrogens with one attached hydrogen (secondary N) is 1. The number of carbonyl (C=O) groups is 1. The molecule has 0 fully saturated rings. The van der Waals surface area contributed by atoms with Crippen molar-refractivity contribution in [2.75, 3.05) is 5.32 Å². The first-order valence-corrected chi connectivity index (χ1v) is 7.54. The van der Waals surface area contributed by atoms with E-state index in [1.54, 1.807) is 6.07 Å². The van der Waals surface area contributed by atoms with Crippen molar-refractivity contribution in [3.8, 4) is 0 Å². The molecular weight excluding hydrogens is 370 g/mol. The van der Waals surface area contributed by atoms with Crippen molar-refractivity contribution >= 4 is 43.5 Å². The Kier molecular flexibility index (Phi) is 4.77. The van der Waals surface area contributed by atoms with E-state index in [0.717, 1.165) is 21.1 Å². The molecule has 0 saturated heterocycles. The second-order valence-electron chi connectivity index (χ2n) is 4.13. The highest BCUT2D eigenvalue weighted by molar-refractivity contribution is 9.11. The molecule has 2 aromatic rings. The summed E-state index contributed by atoms with van der Waals surface area (Å²) in [6.45, 7) is 2.09. The molecule has 0 radical (unpaired) electrons. The molecular formula is C15H13Br2NO. The molecule has 0 heterocycles. The normalized spacial score (nSPS) is 10.3. The molecule has 98 valence electrons. The van der Waals surface area contributed by atoms with Crippen molar-refractivity contribution in [3.63, 3.8) is 0 Å². The van der Waals surface area contributed by atoms with Crippen LogP contribution < -0.4 is 5.32 Å². The summed E-state index contributed by atoms with van der Waals surface area (Å²) in [6, 6.07) is 13.4. The van der Waals surface area contributed by atoms with Crippen molar-refractivity contribution in [3.05, 3.63) is 62.5 Å². The number of benzene rings is 2. The van der Waals surface area contributed by atoms with Crippen molar-refractivity contribution < 1.29 is 4.79 Å². The van der Waals surface area contributed by atoms with E-state index >= 15 is 0 Å². The highest BCUT2D eigenvalue weighted by Crippen LogP contribution is 2.23. The fourth-order valence-corrected chi connectivity index (χ4v) is 2.53. The van der Waals surface area contributed by atoms with Gasteiger partial charge in [-0.3, -0.25) is 4.79 Å². The van der Waals surface area contributed by atoms with Gasteiger partial charge in [0.25, 0.3) is 5.91 Å². The standard InChI is InChI=1S/C15H13Br2NO/c1-2-10-4-3-5-12(8-10)18-15(19)13-9-11(16)6-7-14(13)17/h3-9H,2H2,1H3,(H,18,19). The first kappa shape index (κ1) is 14.3. The lowest BCUT2D eigenvalue weighted by molar-refractivity contribution is 0.102. The van der Waals surface area contributed by atoms with Crippen molar-refractivity contribution in [1.82, 2.24) is 0 Å². The lowest BCUT2D eigenvalue weighted by Crippen LogP contribution is -2.12. The largest absolute Gasteiger partial charge is 0.322 e. The van der Waals surface area contributed by atoms with Crippen LogP contribution in [0, 0.1) is 0 Å². The molecule has 0 unspecified atom stereocenters. The molecule has 2 aromatic carbocycles. The number of carbonyl (C=O) groups excluding carboxylic acids is 1. The topological polar surface area (TPSA) is 29.1 Å². The van der Waals surface area contributed by atoms with Crippen LogP contribution in [-0.4, -0.2) is 5.91 Å². The smallest absolute Gasteiger partial charge is 0.256 e. The summed E-state index contributed by atoms with van der Waals surface area (Å²) in [6.07, 6.45) is 0.949. The van der Waals surface area contributed by atoms with Gasteiger partial charge in [-0.05, 0) is 58.2 Å². The van der Waals surface area contributed by atoms with E-state index < -0.39 is 0 Å². The molecule has 0 aliphatic rings. The van der Waals surface area contributed by atoms with Crippen LogP contribution >= 0.6 is 31.9 Å². The van der Waals surface area contributed by atoms with E-state index in [1.807, 2.05) is 36.4 Å². The van der Waals surface area contributed by atoms with Crippen LogP contribution in [0.2, 0.25) is 0 Å². The number of amides is 1. The molecule has 0 aliphatic carbocycles. The van der Waals surface area contributed by atoms with E-state index in [-0.39, 0.29) is 5.91 Å². The summed E-state index contributed by atoms with van der Waals surface area (Å²) < 4.78 is 1.66. The average Bonchev–Trinajstić information content (AvgIpc) is 2.41. The zero-order valence-corrected chi connectivity index (χ0v) is 13.6. The Bertz CT molecular complexity index is 611. The van der Waals surface area contributed by atoms with Crippen LogP contribution in [0.3, 0.4) is 0 Å². The molecule has 2 rings (SSSR count). The molecule has 1 amide bonds. The van der Waals surface area contributed by atoms with Crippen LogP contribution in [0.15, 0.2) is 51.4 Å². The van der Waals surface area contributed by atoms with Crippen LogP contribution in [0.25, 0.3) is 0 Å². The lowest BCUT2D eigenvalue weighted by atomic mass is 10.1. The summed E-state index contributed by atoms with van der Waals surface area (Å²) >= 11 is 6.76. The van der Waals surface area contributed by atoms with Crippen molar-refractivity contribution in [2.45, 2.75) is 13.3 Å². The summed E-state index contributed by atoms with van der Waals surface area (Å²) in [4.78, 5) is 12.2. The van der Waals surface area contributed by atoms with Gasteiger partial charge in [-0.15, -0.1) is 0 Å². The SMILES string of the molecule is CCc1cccc(NC(=O)c2cc(Br)ccc2Br)c1. The minimum atomic E-state index is -0.124. The number of rotatable bonds is 3. The predicted octanol–water partition coefficient (Wildman–Crippen LogP) is 5.03. The summed E-state index contributed by atoms with van der Waals surface area (Å²) in [7, 11) is 0. The molecule has 0 aromatic heterocycles. The first-order valence-electron chi connectivity index (χ1n) is 5.95. The zero-order chi connectivity index (χ0) is 13.8. The number of hydrogen-bond acceptors (Lipinski definition) is 1. The van der Waals surface area contributed by atoms with Gasteiger partial charge in [0.05, 0.1) is 5.56 Å². The monoisotopic (exact) mass is 381 g/mol. The highest BCUT2D eigenvalue weighted by atomic mass is 79.9. The number of aryl methyl sites for hydroxylation is 1. The quantitative estimate of drug-likeness (QED) is 0.792. The van der Waals surface area contributed by atoms with Crippen LogP contribution in [-0.2, 0) is 6.42 Å². The van der Waals surface area contributed by atoms with Crippen LogP contribution in [0.1, 0.15) is 22.8 Å². The minimum Gasteiger partial charge on any atom is -0.322 e. The van der Waals surface area contributed by atoms with Gasteiger partial charge in [-0.1, -0.05) is 35.0 Å². The molecule has 0 aliphatic heterocycles. The van der Waals surface area contributed by atoms with E-state index in [4.69, 9.17) is 0 Å². The Labute approximate surface area is 129 Å². The third kappa shape index (κ3) is 3.67. The van der Waals surface area contributed by atoms with Crippen LogP contribution in [0.4, 0.5) is 5.69 Å². The van der Waals surface area contributed by atoms with E-state index in [9.17, 15) is 4.79 Å². The second kappa shape index (κ2) is 6.35. The molecule has 0 bridgehead atoms. The third-order valence-corrected chi connectivity index (χ3v) is 3.95. The Hall–Kier alpha value is -1.13. The maximum atomic E-state index is 12.2. The Morgan fingerprint density at radius 1 is 1.16 bits per heavy atom. The van der Waals surface area contributed by atoms with Gasteiger partial charge in [-0.2, -0.15) is 0 Å². The molecule has 1 N–H and O–H groups in total. The molecule has 0 saturated carbocycles. The molecule has 19 heavy (non-hydrogen) atoms. The Morgan fingerprint density at radius 3 is 2.68 bits per heavy atom. The van der Waals surface area contributed by atoms with Gasteiger partial charge < -0.3 is 5.32 Å². The van der Waals surface area contributed by atoms with Gasteiger partial charge in [0.15, 0.2) is 0 Å². The maximum Gasteiger partial charge on any atom is 0.256 e. The highest BCUT2D eigenvalue weighted by Gasteiger charge is 2.10. The van der Waals surface area contributed by atoms with E-state index in [1.165, 1.54) is 5.56 Å². The zero-order valence-electron chi connectivity index (χ0n) is 10.4. The van der Waals surface area contributed by atoms with Crippen molar-refractivity contribution in [2.24, 2.45) is 0 Å². The van der Waals surface area contributed by atoms with Gasteiger partial charge in [0.2, 0.25) is 0 Å². The second-order valence-corrected chi connectivity index (χ2v) is 5.90. The Balaban J connectivity index is 2.23. The fourth-order valence-electron chi connectivity index (χ4n) is 1.74. The van der Waals surface area contributed by atoms with Gasteiger partial charge >= 0.3 is 0 Å². The average molecular weight is 383 g/mol. The summed E-state index contributed by atoms with van der Waals surface area (Å²) in [5.41, 5.74) is 2.62. The number of halogens is 2. The van der Waals surface area contributed by atoms with E-state index in [2.05, 4.69) is 44.1 Å². The molecule has 2 nitrogen and oxygen atoms in total. The third-order valence-electron chi connectivity index (χ3n) is 2.77. The number of hydrogen-bond donors (Lipinski definition) is 1. The van der Waals surface area contributed by atoms with E-state index in [0.29, 0.717) is 5.56 Å². The van der Waals surface area contributed by atoms with Gasteiger partial charge in [0, 0.05) is 14.6 Å². The summed E-state index contributed by atoms with van der Waals surface area (Å²) in [5, 5.41) is 2.91.